The van der Waals surface area contributed by atoms with E-state index in [9.17, 15) is 19.2 Å². The Bertz CT molecular complexity index is 1520. The second kappa shape index (κ2) is 16.3. The molecule has 1 heterocycles. The van der Waals surface area contributed by atoms with Gasteiger partial charge in [-0.15, -0.1) is 0 Å². The van der Waals surface area contributed by atoms with Crippen molar-refractivity contribution in [3.8, 4) is 0 Å². The standard InChI is InChI=1S/C33H36N2O8S/c1-7-40-27(36)19-26(32(38)42-9-3)44-30(24-17-13-22(6)14-18-24)29(23-15-11-21(5)12-16-23)35-20-25(31(37)41-8-2)28(34-35)33(39)43-10-4/h11-20H,7-10H2,1-6H3/b26-19+,30-29+. The topological polar surface area (TPSA) is 123 Å². The predicted octanol–water partition coefficient (Wildman–Crippen LogP) is 5.97. The van der Waals surface area contributed by atoms with Gasteiger partial charge in [-0.1, -0.05) is 71.4 Å². The molecule has 3 rings (SSSR count). The molecule has 1 aromatic heterocycles. The Morgan fingerprint density at radius 1 is 0.727 bits per heavy atom. The first-order valence-electron chi connectivity index (χ1n) is 14.2. The van der Waals surface area contributed by atoms with Crippen LogP contribution in [0.1, 0.15) is 70.8 Å². The van der Waals surface area contributed by atoms with E-state index in [2.05, 4.69) is 5.10 Å². The Kier molecular flexibility index (Phi) is 12.5. The number of ether oxygens (including phenoxy) is 4. The summed E-state index contributed by atoms with van der Waals surface area (Å²) in [6, 6.07) is 15.0. The van der Waals surface area contributed by atoms with Crippen molar-refractivity contribution in [1.82, 2.24) is 9.78 Å². The van der Waals surface area contributed by atoms with Gasteiger partial charge in [-0.25, -0.2) is 23.9 Å². The molecule has 0 unspecified atom stereocenters. The monoisotopic (exact) mass is 620 g/mol. The third kappa shape index (κ3) is 8.70. The maximum atomic E-state index is 13.1. The van der Waals surface area contributed by atoms with E-state index in [1.165, 1.54) is 10.9 Å². The summed E-state index contributed by atoms with van der Waals surface area (Å²) in [6.45, 7) is 10.9. The number of carbonyl (C=O) groups excluding carboxylic acids is 4. The summed E-state index contributed by atoms with van der Waals surface area (Å²) in [7, 11) is 0. The van der Waals surface area contributed by atoms with Crippen molar-refractivity contribution in [3.63, 3.8) is 0 Å². The molecule has 11 heteroatoms. The van der Waals surface area contributed by atoms with Crippen LogP contribution in [0.15, 0.2) is 65.7 Å². The van der Waals surface area contributed by atoms with Crippen LogP contribution in [0.5, 0.6) is 0 Å². The molecule has 0 aliphatic heterocycles. The first kappa shape index (κ1) is 33.9. The van der Waals surface area contributed by atoms with Gasteiger partial charge in [0, 0.05) is 22.7 Å². The highest BCUT2D eigenvalue weighted by molar-refractivity contribution is 8.12. The minimum absolute atomic E-state index is 0.0334. The van der Waals surface area contributed by atoms with Crippen LogP contribution < -0.4 is 0 Å². The molecule has 0 aliphatic carbocycles. The van der Waals surface area contributed by atoms with E-state index in [-0.39, 0.29) is 42.6 Å². The van der Waals surface area contributed by atoms with Crippen molar-refractivity contribution in [2.75, 3.05) is 26.4 Å². The van der Waals surface area contributed by atoms with Crippen molar-refractivity contribution >= 4 is 46.2 Å². The number of rotatable bonds is 13. The van der Waals surface area contributed by atoms with Gasteiger partial charge < -0.3 is 18.9 Å². The number of nitrogens with zero attached hydrogens (tertiary/aromatic N) is 2. The van der Waals surface area contributed by atoms with Crippen LogP contribution in [0.3, 0.4) is 0 Å². The van der Waals surface area contributed by atoms with Crippen LogP contribution >= 0.6 is 11.8 Å². The molecule has 0 amide bonds. The van der Waals surface area contributed by atoms with Crippen molar-refractivity contribution < 1.29 is 38.1 Å². The molecule has 0 bridgehead atoms. The number of aromatic nitrogens is 2. The molecule has 0 N–H and O–H groups in total. The molecule has 0 fully saturated rings. The molecular weight excluding hydrogens is 584 g/mol. The van der Waals surface area contributed by atoms with E-state index in [0.29, 0.717) is 21.7 Å². The summed E-state index contributed by atoms with van der Waals surface area (Å²) in [5.41, 5.74) is 3.40. The first-order chi connectivity index (χ1) is 21.1. The fourth-order valence-electron chi connectivity index (χ4n) is 3.96. The van der Waals surface area contributed by atoms with Gasteiger partial charge in [-0.2, -0.15) is 5.10 Å². The number of benzene rings is 2. The Morgan fingerprint density at radius 3 is 1.80 bits per heavy atom. The Labute approximate surface area is 261 Å². The van der Waals surface area contributed by atoms with E-state index < -0.39 is 23.9 Å². The predicted molar refractivity (Wildman–Crippen MR) is 168 cm³/mol. The molecule has 0 spiro atoms. The lowest BCUT2D eigenvalue weighted by Crippen LogP contribution is -2.13. The highest BCUT2D eigenvalue weighted by atomic mass is 32.2. The Balaban J connectivity index is 2.44. The SMILES string of the molecule is CCOC(=O)/C=C(/S/C(=C(\c1ccc(C)cc1)n1cc(C(=O)OCC)c(C(=O)OCC)n1)c1ccc(C)cc1)C(=O)OCC. The lowest BCUT2D eigenvalue weighted by Gasteiger charge is -2.18. The van der Waals surface area contributed by atoms with Gasteiger partial charge in [0.15, 0.2) is 5.69 Å². The van der Waals surface area contributed by atoms with Crippen LogP contribution in [0, 0.1) is 13.8 Å². The maximum Gasteiger partial charge on any atom is 0.359 e. The molecular formula is C33H36N2O8S. The average Bonchev–Trinajstić information content (AvgIpc) is 3.43. The number of aryl methyl sites for hydroxylation is 2. The largest absolute Gasteiger partial charge is 0.463 e. The fraction of sp³-hybridized carbons (Fsp3) is 0.303. The second-order valence-corrected chi connectivity index (χ2v) is 10.3. The van der Waals surface area contributed by atoms with Gasteiger partial charge in [0.2, 0.25) is 0 Å². The van der Waals surface area contributed by atoms with E-state index in [4.69, 9.17) is 18.9 Å². The van der Waals surface area contributed by atoms with E-state index in [0.717, 1.165) is 29.0 Å². The summed E-state index contributed by atoms with van der Waals surface area (Å²) in [5.74, 6) is -2.98. The van der Waals surface area contributed by atoms with E-state index in [1.54, 1.807) is 27.7 Å². The molecule has 0 radical (unpaired) electrons. The van der Waals surface area contributed by atoms with Gasteiger partial charge in [-0.05, 0) is 47.1 Å². The van der Waals surface area contributed by atoms with Crippen molar-refractivity contribution in [2.45, 2.75) is 41.5 Å². The summed E-state index contributed by atoms with van der Waals surface area (Å²) >= 11 is 0.978. The number of hydrogen-bond donors (Lipinski definition) is 0. The van der Waals surface area contributed by atoms with Gasteiger partial charge in [0.25, 0.3) is 0 Å². The molecule has 0 saturated heterocycles. The first-order valence-corrected chi connectivity index (χ1v) is 15.0. The zero-order chi connectivity index (χ0) is 32.2. The molecule has 0 saturated carbocycles. The van der Waals surface area contributed by atoms with Gasteiger partial charge in [0.05, 0.1) is 32.1 Å². The Hall–Kier alpha value is -4.64. The molecule has 2 aromatic carbocycles. The van der Waals surface area contributed by atoms with E-state index >= 15 is 0 Å². The van der Waals surface area contributed by atoms with Crippen molar-refractivity contribution in [3.05, 3.63) is 99.2 Å². The normalized spacial score (nSPS) is 11.8. The molecule has 44 heavy (non-hydrogen) atoms. The smallest absolute Gasteiger partial charge is 0.359 e. The van der Waals surface area contributed by atoms with Gasteiger partial charge in [0.1, 0.15) is 10.5 Å². The quantitative estimate of drug-likeness (QED) is 0.0977. The highest BCUT2D eigenvalue weighted by Crippen LogP contribution is 2.41. The van der Waals surface area contributed by atoms with Gasteiger partial charge >= 0.3 is 23.9 Å². The minimum Gasteiger partial charge on any atom is -0.463 e. The van der Waals surface area contributed by atoms with Crippen molar-refractivity contribution in [1.29, 1.82) is 0 Å². The summed E-state index contributed by atoms with van der Waals surface area (Å²) in [4.78, 5) is 52.0. The summed E-state index contributed by atoms with van der Waals surface area (Å²) in [6.07, 6.45) is 2.48. The minimum atomic E-state index is -0.795. The molecule has 0 aliphatic rings. The molecule has 232 valence electrons. The second-order valence-electron chi connectivity index (χ2n) is 9.27. The fourth-order valence-corrected chi connectivity index (χ4v) is 5.04. The highest BCUT2D eigenvalue weighted by Gasteiger charge is 2.28. The number of esters is 4. The zero-order valence-electron chi connectivity index (χ0n) is 25.7. The Morgan fingerprint density at radius 2 is 1.25 bits per heavy atom. The van der Waals surface area contributed by atoms with Crippen LogP contribution in [0.4, 0.5) is 0 Å². The summed E-state index contributed by atoms with van der Waals surface area (Å²) in [5, 5.41) is 4.52. The lowest BCUT2D eigenvalue weighted by atomic mass is 10.1. The molecule has 0 atom stereocenters. The van der Waals surface area contributed by atoms with Crippen LogP contribution in [0.2, 0.25) is 0 Å². The van der Waals surface area contributed by atoms with Gasteiger partial charge in [-0.3, -0.25) is 0 Å². The van der Waals surface area contributed by atoms with Crippen LogP contribution in [-0.4, -0.2) is 60.1 Å². The van der Waals surface area contributed by atoms with Crippen LogP contribution in [0.25, 0.3) is 10.6 Å². The number of hydrogen-bond acceptors (Lipinski definition) is 10. The summed E-state index contributed by atoms with van der Waals surface area (Å²) < 4.78 is 22.2. The lowest BCUT2D eigenvalue weighted by molar-refractivity contribution is -0.140. The number of carbonyl (C=O) groups is 4. The third-order valence-corrected chi connectivity index (χ3v) is 7.12. The van der Waals surface area contributed by atoms with E-state index in [1.807, 2.05) is 62.4 Å². The zero-order valence-corrected chi connectivity index (χ0v) is 26.5. The average molecular weight is 621 g/mol. The molecule has 10 nitrogen and oxygen atoms in total. The van der Waals surface area contributed by atoms with Crippen LogP contribution in [-0.2, 0) is 28.5 Å². The van der Waals surface area contributed by atoms with Crippen molar-refractivity contribution in [2.24, 2.45) is 0 Å². The number of thioether (sulfide) groups is 1. The molecule has 3 aromatic rings. The third-order valence-electron chi connectivity index (χ3n) is 5.99. The maximum absolute atomic E-state index is 13.1.